The summed E-state index contributed by atoms with van der Waals surface area (Å²) in [7, 11) is 0. The standard InChI is InChI=1S/C8H13FN4O2/c1-2-3-4-5-6-12-8(13(14)15)7(9)10-11-12/h2-6H2,1H3. The molecule has 0 aliphatic rings. The van der Waals surface area contributed by atoms with Crippen LogP contribution < -0.4 is 0 Å². The average Bonchev–Trinajstić information content (AvgIpc) is 2.54. The van der Waals surface area contributed by atoms with Crippen LogP contribution in [0.25, 0.3) is 0 Å². The third kappa shape index (κ3) is 2.97. The van der Waals surface area contributed by atoms with E-state index in [1.807, 2.05) is 0 Å². The predicted molar refractivity (Wildman–Crippen MR) is 50.8 cm³/mol. The van der Waals surface area contributed by atoms with E-state index >= 15 is 0 Å². The Hall–Kier alpha value is -1.53. The highest BCUT2D eigenvalue weighted by Crippen LogP contribution is 2.14. The molecule has 0 aliphatic carbocycles. The van der Waals surface area contributed by atoms with Crippen LogP contribution in [0.4, 0.5) is 10.2 Å². The minimum absolute atomic E-state index is 0.341. The Morgan fingerprint density at radius 2 is 2.20 bits per heavy atom. The molecule has 0 amide bonds. The fourth-order valence-electron chi connectivity index (χ4n) is 1.30. The molecule has 0 N–H and O–H groups in total. The summed E-state index contributed by atoms with van der Waals surface area (Å²) in [6.07, 6.45) is 3.84. The quantitative estimate of drug-likeness (QED) is 0.413. The lowest BCUT2D eigenvalue weighted by Gasteiger charge is -1.97. The second-order valence-electron chi connectivity index (χ2n) is 3.24. The summed E-state index contributed by atoms with van der Waals surface area (Å²) in [4.78, 5) is 9.66. The van der Waals surface area contributed by atoms with Crippen LogP contribution in [0.5, 0.6) is 0 Å². The van der Waals surface area contributed by atoms with Gasteiger partial charge in [-0.2, -0.15) is 4.39 Å². The minimum atomic E-state index is -1.12. The number of halogens is 1. The molecule has 1 heterocycles. The van der Waals surface area contributed by atoms with Crippen molar-refractivity contribution in [2.45, 2.75) is 39.2 Å². The maximum atomic E-state index is 12.8. The summed E-state index contributed by atoms with van der Waals surface area (Å²) in [5, 5.41) is 16.9. The van der Waals surface area contributed by atoms with Gasteiger partial charge in [0, 0.05) is 5.21 Å². The molecule has 0 spiro atoms. The maximum Gasteiger partial charge on any atom is 0.402 e. The number of nitro groups is 1. The van der Waals surface area contributed by atoms with Crippen LogP contribution in [-0.4, -0.2) is 19.9 Å². The molecule has 84 valence electrons. The van der Waals surface area contributed by atoms with Crippen LogP contribution in [0.3, 0.4) is 0 Å². The van der Waals surface area contributed by atoms with Crippen molar-refractivity contribution in [1.29, 1.82) is 0 Å². The van der Waals surface area contributed by atoms with Crippen molar-refractivity contribution >= 4 is 5.82 Å². The molecule has 0 radical (unpaired) electrons. The lowest BCUT2D eigenvalue weighted by Crippen LogP contribution is -2.05. The van der Waals surface area contributed by atoms with Crippen LogP contribution in [0.2, 0.25) is 0 Å². The monoisotopic (exact) mass is 216 g/mol. The lowest BCUT2D eigenvalue weighted by molar-refractivity contribution is -0.395. The first-order valence-electron chi connectivity index (χ1n) is 4.90. The van der Waals surface area contributed by atoms with Crippen molar-refractivity contribution in [1.82, 2.24) is 15.0 Å². The largest absolute Gasteiger partial charge is 0.402 e. The van der Waals surface area contributed by atoms with E-state index < -0.39 is 16.7 Å². The zero-order valence-corrected chi connectivity index (χ0v) is 8.52. The molecule has 0 saturated carbocycles. The first-order chi connectivity index (χ1) is 7.16. The molecule has 1 rings (SSSR count). The van der Waals surface area contributed by atoms with Crippen LogP contribution in [-0.2, 0) is 6.54 Å². The van der Waals surface area contributed by atoms with Gasteiger partial charge in [-0.1, -0.05) is 24.9 Å². The number of aromatic nitrogens is 3. The Morgan fingerprint density at radius 1 is 1.47 bits per heavy atom. The number of nitrogens with zero attached hydrogens (tertiary/aromatic N) is 4. The van der Waals surface area contributed by atoms with Crippen molar-refractivity contribution in [3.63, 3.8) is 0 Å². The van der Waals surface area contributed by atoms with E-state index in [1.54, 1.807) is 0 Å². The molecular weight excluding hydrogens is 203 g/mol. The highest BCUT2D eigenvalue weighted by atomic mass is 19.1. The van der Waals surface area contributed by atoms with Gasteiger partial charge in [-0.15, -0.1) is 4.68 Å². The molecule has 0 aromatic carbocycles. The topological polar surface area (TPSA) is 73.8 Å². The first-order valence-corrected chi connectivity index (χ1v) is 4.90. The predicted octanol–water partition coefficient (Wildman–Crippen LogP) is 1.91. The molecular formula is C8H13FN4O2. The lowest BCUT2D eigenvalue weighted by atomic mass is 10.2. The molecule has 0 saturated heterocycles. The van der Waals surface area contributed by atoms with Crippen LogP contribution >= 0.6 is 0 Å². The second kappa shape index (κ2) is 5.38. The molecule has 6 nitrogen and oxygen atoms in total. The average molecular weight is 216 g/mol. The fraction of sp³-hybridized carbons (Fsp3) is 0.750. The van der Waals surface area contributed by atoms with Crippen LogP contribution in [0.1, 0.15) is 32.6 Å². The highest BCUT2D eigenvalue weighted by molar-refractivity contribution is 5.13. The molecule has 7 heteroatoms. The molecule has 1 aromatic heterocycles. The van der Waals surface area contributed by atoms with E-state index in [9.17, 15) is 14.5 Å². The zero-order valence-electron chi connectivity index (χ0n) is 8.52. The van der Waals surface area contributed by atoms with Crippen LogP contribution in [0, 0.1) is 16.1 Å². The first kappa shape index (κ1) is 11.5. The molecule has 0 bridgehead atoms. The third-order valence-electron chi connectivity index (χ3n) is 2.07. The number of rotatable bonds is 6. The normalized spacial score (nSPS) is 10.5. The highest BCUT2D eigenvalue weighted by Gasteiger charge is 2.23. The SMILES string of the molecule is CCCCCCn1nnc(F)c1[N+](=O)[O-]. The van der Waals surface area contributed by atoms with E-state index in [0.717, 1.165) is 30.4 Å². The van der Waals surface area contributed by atoms with Gasteiger partial charge in [-0.25, -0.2) is 0 Å². The Kier molecular flexibility index (Phi) is 4.14. The van der Waals surface area contributed by atoms with Gasteiger partial charge in [-0.3, -0.25) is 0 Å². The number of unbranched alkanes of at least 4 members (excludes halogenated alkanes) is 3. The number of hydrogen-bond acceptors (Lipinski definition) is 4. The van der Waals surface area contributed by atoms with Gasteiger partial charge >= 0.3 is 11.8 Å². The van der Waals surface area contributed by atoms with Crippen LogP contribution in [0.15, 0.2) is 0 Å². The fourth-order valence-corrected chi connectivity index (χ4v) is 1.30. The van der Waals surface area contributed by atoms with E-state index in [-0.39, 0.29) is 0 Å². The van der Waals surface area contributed by atoms with Crippen molar-refractivity contribution in [2.24, 2.45) is 0 Å². The molecule has 15 heavy (non-hydrogen) atoms. The number of aryl methyl sites for hydroxylation is 1. The summed E-state index contributed by atoms with van der Waals surface area (Å²) in [5.41, 5.74) is 0. The van der Waals surface area contributed by atoms with Crippen molar-refractivity contribution in [3.8, 4) is 0 Å². The van der Waals surface area contributed by atoms with Crippen molar-refractivity contribution in [2.75, 3.05) is 0 Å². The second-order valence-corrected chi connectivity index (χ2v) is 3.24. The summed E-state index contributed by atoms with van der Waals surface area (Å²) in [5.74, 6) is -1.76. The van der Waals surface area contributed by atoms with E-state index in [4.69, 9.17) is 0 Å². The zero-order chi connectivity index (χ0) is 11.3. The summed E-state index contributed by atoms with van der Waals surface area (Å²) < 4.78 is 13.8. The Bertz CT molecular complexity index is 339. The van der Waals surface area contributed by atoms with Gasteiger partial charge < -0.3 is 10.1 Å². The minimum Gasteiger partial charge on any atom is -0.358 e. The third-order valence-corrected chi connectivity index (χ3v) is 2.07. The number of hydrogen-bond donors (Lipinski definition) is 0. The smallest absolute Gasteiger partial charge is 0.358 e. The molecule has 0 atom stereocenters. The van der Waals surface area contributed by atoms with E-state index in [0.29, 0.717) is 6.54 Å². The molecule has 1 aromatic rings. The Morgan fingerprint density at radius 3 is 2.80 bits per heavy atom. The van der Waals surface area contributed by atoms with Gasteiger partial charge in [0.25, 0.3) is 0 Å². The molecule has 0 fully saturated rings. The van der Waals surface area contributed by atoms with Crippen molar-refractivity contribution < 1.29 is 9.31 Å². The van der Waals surface area contributed by atoms with Gasteiger partial charge in [-0.05, 0) is 17.8 Å². The Labute approximate surface area is 86.2 Å². The van der Waals surface area contributed by atoms with Gasteiger partial charge in [0.1, 0.15) is 6.54 Å². The maximum absolute atomic E-state index is 12.8. The van der Waals surface area contributed by atoms with Gasteiger partial charge in [0.05, 0.1) is 0 Å². The van der Waals surface area contributed by atoms with Gasteiger partial charge in [0.2, 0.25) is 0 Å². The summed E-state index contributed by atoms with van der Waals surface area (Å²) >= 11 is 0. The molecule has 0 unspecified atom stereocenters. The van der Waals surface area contributed by atoms with Gasteiger partial charge in [0.15, 0.2) is 0 Å². The van der Waals surface area contributed by atoms with E-state index in [2.05, 4.69) is 17.2 Å². The molecule has 0 aliphatic heterocycles. The Balaban J connectivity index is 2.57. The summed E-state index contributed by atoms with van der Waals surface area (Å²) in [6.45, 7) is 2.41. The summed E-state index contributed by atoms with van der Waals surface area (Å²) in [6, 6.07) is 0. The van der Waals surface area contributed by atoms with Crippen molar-refractivity contribution in [3.05, 3.63) is 16.1 Å². The van der Waals surface area contributed by atoms with E-state index in [1.165, 1.54) is 0 Å².